The van der Waals surface area contributed by atoms with Crippen molar-refractivity contribution in [2.75, 3.05) is 12.9 Å². The second kappa shape index (κ2) is 8.11. The fourth-order valence-electron chi connectivity index (χ4n) is 2.99. The molecule has 0 saturated heterocycles. The van der Waals surface area contributed by atoms with E-state index in [1.165, 1.54) is 18.2 Å². The summed E-state index contributed by atoms with van der Waals surface area (Å²) in [6.07, 6.45) is -3.68. The van der Waals surface area contributed by atoms with Gasteiger partial charge in [0.15, 0.2) is 15.5 Å². The molecule has 0 unspecified atom stereocenters. The van der Waals surface area contributed by atoms with Gasteiger partial charge in [-0.15, -0.1) is 0 Å². The van der Waals surface area contributed by atoms with Crippen LogP contribution in [0.3, 0.4) is 0 Å². The molecule has 0 amide bonds. The molecule has 1 aromatic heterocycles. The Bertz CT molecular complexity index is 1150. The van der Waals surface area contributed by atoms with E-state index in [-0.39, 0.29) is 21.8 Å². The van der Waals surface area contributed by atoms with Gasteiger partial charge in [0.1, 0.15) is 5.75 Å². The smallest absolute Gasteiger partial charge is 0.435 e. The van der Waals surface area contributed by atoms with Gasteiger partial charge in [-0.1, -0.05) is 0 Å². The van der Waals surface area contributed by atoms with Crippen LogP contribution in [0.5, 0.6) is 5.75 Å². The van der Waals surface area contributed by atoms with Crippen LogP contribution >= 0.6 is 0 Å². The molecule has 0 atom stereocenters. The quantitative estimate of drug-likeness (QED) is 0.630. The monoisotopic (exact) mass is 440 g/mol. The van der Waals surface area contributed by atoms with Crippen LogP contribution in [0.2, 0.25) is 0 Å². The minimum absolute atomic E-state index is 0.0664. The van der Waals surface area contributed by atoms with Crippen LogP contribution < -0.4 is 4.74 Å². The van der Waals surface area contributed by atoms with E-state index in [9.17, 15) is 26.7 Å². The number of rotatable bonds is 6. The summed E-state index contributed by atoms with van der Waals surface area (Å²) in [5, 5.41) is 13.3. The van der Waals surface area contributed by atoms with Gasteiger partial charge in [-0.05, 0) is 61.0 Å². The number of halogens is 3. The molecule has 0 saturated carbocycles. The van der Waals surface area contributed by atoms with Gasteiger partial charge in [0.25, 0.3) is 0 Å². The topological polar surface area (TPSA) is 81.4 Å². The Labute approximate surface area is 171 Å². The number of sulfone groups is 1. The van der Waals surface area contributed by atoms with Crippen LogP contribution in [-0.4, -0.2) is 36.2 Å². The van der Waals surface area contributed by atoms with E-state index < -0.39 is 28.3 Å². The van der Waals surface area contributed by atoms with E-state index in [1.54, 1.807) is 24.3 Å². The number of nitrogens with zero attached hydrogens (tertiary/aromatic N) is 2. The lowest BCUT2D eigenvalue weighted by atomic mass is 10.1. The maximum absolute atomic E-state index is 13.3. The molecule has 0 aliphatic heterocycles. The highest BCUT2D eigenvalue weighted by molar-refractivity contribution is 7.90. The largest absolute Gasteiger partial charge is 0.494 e. The number of benzene rings is 2. The van der Waals surface area contributed by atoms with Gasteiger partial charge >= 0.3 is 6.18 Å². The number of ether oxygens (including phenoxy) is 1. The molecule has 2 aromatic carbocycles. The molecule has 0 radical (unpaired) electrons. The van der Waals surface area contributed by atoms with Crippen molar-refractivity contribution in [3.63, 3.8) is 0 Å². The maximum atomic E-state index is 13.3. The van der Waals surface area contributed by atoms with Crippen LogP contribution in [0.1, 0.15) is 18.2 Å². The third-order valence-electron chi connectivity index (χ3n) is 4.32. The van der Waals surface area contributed by atoms with E-state index in [1.807, 2.05) is 6.92 Å². The van der Waals surface area contributed by atoms with Gasteiger partial charge in [0.2, 0.25) is 0 Å². The Hall–Kier alpha value is -2.85. The summed E-state index contributed by atoms with van der Waals surface area (Å²) in [6, 6.07) is 11.3. The second-order valence-electron chi connectivity index (χ2n) is 6.50. The fourth-order valence-corrected chi connectivity index (χ4v) is 3.91. The fraction of sp³-hybridized carbons (Fsp3) is 0.250. The molecule has 30 heavy (non-hydrogen) atoms. The second-order valence-corrected chi connectivity index (χ2v) is 8.49. The molecular formula is C20H19F3N2O4S. The highest BCUT2D eigenvalue weighted by Crippen LogP contribution is 2.34. The number of aromatic nitrogens is 2. The number of alkyl halides is 3. The van der Waals surface area contributed by atoms with Crippen molar-refractivity contribution in [1.29, 1.82) is 0 Å². The van der Waals surface area contributed by atoms with Crippen molar-refractivity contribution >= 4 is 9.84 Å². The van der Waals surface area contributed by atoms with Crippen molar-refractivity contribution in [3.8, 4) is 22.7 Å². The predicted octanol–water partition coefficient (Wildman–Crippen LogP) is 3.85. The SMILES string of the molecule is CCOc1ccc(-c2cc(C(F)(F)F)nn2-c2ccc(S(C)(=O)=O)c(CO)c2)cc1. The highest BCUT2D eigenvalue weighted by Gasteiger charge is 2.35. The van der Waals surface area contributed by atoms with Crippen LogP contribution in [0.15, 0.2) is 53.4 Å². The average molecular weight is 440 g/mol. The Morgan fingerprint density at radius 3 is 2.30 bits per heavy atom. The van der Waals surface area contributed by atoms with Crippen molar-refractivity contribution in [1.82, 2.24) is 9.78 Å². The summed E-state index contributed by atoms with van der Waals surface area (Å²) >= 11 is 0. The van der Waals surface area contributed by atoms with Gasteiger partial charge < -0.3 is 9.84 Å². The predicted molar refractivity (Wildman–Crippen MR) is 104 cm³/mol. The van der Waals surface area contributed by atoms with Gasteiger partial charge in [-0.3, -0.25) is 0 Å². The van der Waals surface area contributed by atoms with Crippen molar-refractivity contribution in [2.45, 2.75) is 24.6 Å². The Morgan fingerprint density at radius 1 is 1.10 bits per heavy atom. The molecule has 0 bridgehead atoms. The molecule has 6 nitrogen and oxygen atoms in total. The lowest BCUT2D eigenvalue weighted by molar-refractivity contribution is -0.141. The molecule has 1 heterocycles. The molecule has 160 valence electrons. The maximum Gasteiger partial charge on any atom is 0.435 e. The molecule has 0 fully saturated rings. The van der Waals surface area contributed by atoms with Gasteiger partial charge in [0, 0.05) is 11.8 Å². The van der Waals surface area contributed by atoms with Crippen LogP contribution in [-0.2, 0) is 22.6 Å². The minimum Gasteiger partial charge on any atom is -0.494 e. The number of hydrogen-bond acceptors (Lipinski definition) is 5. The van der Waals surface area contributed by atoms with Crippen LogP contribution in [0.25, 0.3) is 16.9 Å². The summed E-state index contributed by atoms with van der Waals surface area (Å²) in [4.78, 5) is -0.0976. The third-order valence-corrected chi connectivity index (χ3v) is 5.52. The first kappa shape index (κ1) is 21.8. The summed E-state index contributed by atoms with van der Waals surface area (Å²) in [6.45, 7) is 1.67. The molecule has 0 spiro atoms. The normalized spacial score (nSPS) is 12.2. The van der Waals surface area contributed by atoms with E-state index in [0.29, 0.717) is 17.9 Å². The Kier molecular flexibility index (Phi) is 5.91. The van der Waals surface area contributed by atoms with Crippen molar-refractivity contribution < 1.29 is 31.4 Å². The standard InChI is InChI=1S/C20H19F3N2O4S/c1-3-29-16-7-4-13(5-8-16)17-11-19(20(21,22)23)24-25(17)15-6-9-18(30(2,27)28)14(10-15)12-26/h4-11,26H,3,12H2,1-2H3. The minimum atomic E-state index is -4.67. The lowest BCUT2D eigenvalue weighted by Crippen LogP contribution is -2.08. The van der Waals surface area contributed by atoms with Crippen molar-refractivity contribution in [3.05, 3.63) is 59.8 Å². The zero-order chi connectivity index (χ0) is 22.1. The first-order valence-electron chi connectivity index (χ1n) is 8.89. The zero-order valence-corrected chi connectivity index (χ0v) is 17.0. The van der Waals surface area contributed by atoms with E-state index in [4.69, 9.17) is 4.74 Å². The van der Waals surface area contributed by atoms with Crippen molar-refractivity contribution in [2.24, 2.45) is 0 Å². The third kappa shape index (κ3) is 4.49. The molecule has 10 heteroatoms. The zero-order valence-electron chi connectivity index (χ0n) is 16.1. The summed E-state index contributed by atoms with van der Waals surface area (Å²) in [5.41, 5.74) is -0.229. The first-order chi connectivity index (χ1) is 14.0. The average Bonchev–Trinajstić information content (AvgIpc) is 3.13. The summed E-state index contributed by atoms with van der Waals surface area (Å²) in [5.74, 6) is 0.573. The van der Waals surface area contributed by atoms with Crippen LogP contribution in [0, 0.1) is 0 Å². The van der Waals surface area contributed by atoms with E-state index >= 15 is 0 Å². The molecular weight excluding hydrogens is 421 g/mol. The number of hydrogen-bond donors (Lipinski definition) is 1. The molecule has 3 aromatic rings. The highest BCUT2D eigenvalue weighted by atomic mass is 32.2. The molecule has 3 rings (SSSR count). The van der Waals surface area contributed by atoms with Gasteiger partial charge in [0.05, 0.1) is 29.5 Å². The molecule has 1 N–H and O–H groups in total. The number of aliphatic hydroxyl groups excluding tert-OH is 1. The molecule has 0 aliphatic rings. The number of aliphatic hydroxyl groups is 1. The van der Waals surface area contributed by atoms with Gasteiger partial charge in [-0.25, -0.2) is 13.1 Å². The van der Waals surface area contributed by atoms with E-state index in [0.717, 1.165) is 17.0 Å². The first-order valence-corrected chi connectivity index (χ1v) is 10.8. The molecule has 0 aliphatic carbocycles. The van der Waals surface area contributed by atoms with Gasteiger partial charge in [-0.2, -0.15) is 18.3 Å². The van der Waals surface area contributed by atoms with E-state index in [2.05, 4.69) is 5.10 Å². The summed E-state index contributed by atoms with van der Waals surface area (Å²) in [7, 11) is -3.62. The summed E-state index contributed by atoms with van der Waals surface area (Å²) < 4.78 is 70.2. The Morgan fingerprint density at radius 2 is 1.77 bits per heavy atom. The Balaban J connectivity index is 2.18. The lowest BCUT2D eigenvalue weighted by Gasteiger charge is -2.12. The van der Waals surface area contributed by atoms with Crippen LogP contribution in [0.4, 0.5) is 13.2 Å².